The second-order valence-electron chi connectivity index (χ2n) is 4.21. The number of furan rings is 1. The molecule has 1 aromatic heterocycles. The first-order valence-electron chi connectivity index (χ1n) is 6.16. The molecule has 0 aliphatic rings. The van der Waals surface area contributed by atoms with Gasteiger partial charge in [0.15, 0.2) is 0 Å². The van der Waals surface area contributed by atoms with Crippen molar-refractivity contribution in [2.24, 2.45) is 0 Å². The minimum atomic E-state index is -1.20. The van der Waals surface area contributed by atoms with Gasteiger partial charge in [0, 0.05) is 13.0 Å². The molecular weight excluding hydrogens is 279 g/mol. The van der Waals surface area contributed by atoms with E-state index in [1.54, 1.807) is 12.1 Å². The second kappa shape index (κ2) is 6.56. The molecular formula is C14H13FN2O4. The van der Waals surface area contributed by atoms with E-state index in [0.717, 1.165) is 18.2 Å². The van der Waals surface area contributed by atoms with Crippen molar-refractivity contribution in [1.29, 1.82) is 0 Å². The number of carbonyl (C=O) groups is 2. The van der Waals surface area contributed by atoms with Crippen LogP contribution in [-0.2, 0) is 6.42 Å². The number of carboxylic acid groups (broad SMARTS) is 1. The lowest BCUT2D eigenvalue weighted by atomic mass is 10.2. The molecule has 0 aliphatic heterocycles. The number of benzene rings is 1. The van der Waals surface area contributed by atoms with Gasteiger partial charge in [0.1, 0.15) is 11.6 Å². The van der Waals surface area contributed by atoms with Crippen molar-refractivity contribution >= 4 is 17.7 Å². The molecule has 0 saturated carbocycles. The van der Waals surface area contributed by atoms with Crippen molar-refractivity contribution in [3.05, 3.63) is 53.7 Å². The predicted molar refractivity (Wildman–Crippen MR) is 72.8 cm³/mol. The highest BCUT2D eigenvalue weighted by Gasteiger charge is 2.10. The van der Waals surface area contributed by atoms with E-state index in [1.165, 1.54) is 6.26 Å². The van der Waals surface area contributed by atoms with Crippen LogP contribution in [0.2, 0.25) is 0 Å². The second-order valence-corrected chi connectivity index (χ2v) is 4.21. The summed E-state index contributed by atoms with van der Waals surface area (Å²) >= 11 is 0. The van der Waals surface area contributed by atoms with Gasteiger partial charge in [-0.05, 0) is 30.3 Å². The van der Waals surface area contributed by atoms with Gasteiger partial charge in [-0.1, -0.05) is 0 Å². The van der Waals surface area contributed by atoms with Crippen molar-refractivity contribution in [3.63, 3.8) is 0 Å². The van der Waals surface area contributed by atoms with E-state index in [9.17, 15) is 14.0 Å². The lowest BCUT2D eigenvalue weighted by molar-refractivity contribution is 0.0697. The van der Waals surface area contributed by atoms with Crippen LogP contribution in [0.1, 0.15) is 16.1 Å². The molecule has 0 spiro atoms. The average molecular weight is 292 g/mol. The molecule has 110 valence electrons. The third kappa shape index (κ3) is 4.07. The molecule has 0 saturated heterocycles. The number of rotatable bonds is 5. The fraction of sp³-hybridized carbons (Fsp3) is 0.143. The van der Waals surface area contributed by atoms with Crippen LogP contribution in [0.4, 0.5) is 14.9 Å². The number of nitrogens with one attached hydrogen (secondary N) is 2. The van der Waals surface area contributed by atoms with E-state index >= 15 is 0 Å². The molecule has 0 fully saturated rings. The minimum absolute atomic E-state index is 0.109. The normalized spacial score (nSPS) is 10.1. The predicted octanol–water partition coefficient (Wildman–Crippen LogP) is 2.48. The van der Waals surface area contributed by atoms with Crippen molar-refractivity contribution in [2.45, 2.75) is 6.42 Å². The van der Waals surface area contributed by atoms with Gasteiger partial charge in [-0.15, -0.1) is 0 Å². The van der Waals surface area contributed by atoms with E-state index in [-0.39, 0.29) is 11.3 Å². The smallest absolute Gasteiger partial charge is 0.335 e. The van der Waals surface area contributed by atoms with E-state index < -0.39 is 17.8 Å². The van der Waals surface area contributed by atoms with Crippen LogP contribution in [0, 0.1) is 5.82 Å². The number of amides is 2. The molecule has 3 N–H and O–H groups in total. The van der Waals surface area contributed by atoms with E-state index in [0.29, 0.717) is 18.7 Å². The lowest BCUT2D eigenvalue weighted by Crippen LogP contribution is -2.30. The van der Waals surface area contributed by atoms with E-state index in [1.807, 2.05) is 0 Å². The Labute approximate surface area is 119 Å². The maximum absolute atomic E-state index is 13.5. The molecule has 2 amide bonds. The van der Waals surface area contributed by atoms with Gasteiger partial charge in [0.25, 0.3) is 0 Å². The lowest BCUT2D eigenvalue weighted by Gasteiger charge is -2.08. The summed E-state index contributed by atoms with van der Waals surface area (Å²) in [6, 6.07) is 6.06. The van der Waals surface area contributed by atoms with Crippen molar-refractivity contribution in [3.8, 4) is 0 Å². The molecule has 2 aromatic rings. The van der Waals surface area contributed by atoms with Gasteiger partial charge in [-0.2, -0.15) is 0 Å². The number of carbonyl (C=O) groups excluding carboxylic acids is 1. The maximum atomic E-state index is 13.5. The monoisotopic (exact) mass is 292 g/mol. The zero-order valence-electron chi connectivity index (χ0n) is 10.9. The number of anilines is 1. The highest BCUT2D eigenvalue weighted by Crippen LogP contribution is 2.16. The molecule has 21 heavy (non-hydrogen) atoms. The summed E-state index contributed by atoms with van der Waals surface area (Å²) in [6.45, 7) is 0.305. The number of hydrogen-bond donors (Lipinski definition) is 3. The van der Waals surface area contributed by atoms with Crippen LogP contribution in [0.5, 0.6) is 0 Å². The maximum Gasteiger partial charge on any atom is 0.335 e. The van der Waals surface area contributed by atoms with Gasteiger partial charge in [-0.3, -0.25) is 0 Å². The average Bonchev–Trinajstić information content (AvgIpc) is 2.94. The summed E-state index contributed by atoms with van der Waals surface area (Å²) in [5.41, 5.74) is -0.298. The van der Waals surface area contributed by atoms with Crippen LogP contribution >= 0.6 is 0 Å². The Bertz CT molecular complexity index is 640. The minimum Gasteiger partial charge on any atom is -0.478 e. The Kier molecular flexibility index (Phi) is 4.55. The number of hydrogen-bond acceptors (Lipinski definition) is 3. The van der Waals surface area contributed by atoms with Crippen molar-refractivity contribution in [2.75, 3.05) is 11.9 Å². The highest BCUT2D eigenvalue weighted by molar-refractivity contribution is 5.93. The van der Waals surface area contributed by atoms with Gasteiger partial charge >= 0.3 is 12.0 Å². The van der Waals surface area contributed by atoms with Crippen LogP contribution in [0.25, 0.3) is 0 Å². The van der Waals surface area contributed by atoms with Gasteiger partial charge in [0.2, 0.25) is 0 Å². The Hall–Kier alpha value is -2.83. The number of carboxylic acids is 1. The molecule has 1 heterocycles. The number of urea groups is 1. The topological polar surface area (TPSA) is 91.6 Å². The molecule has 6 nitrogen and oxygen atoms in total. The standard InChI is InChI=1S/C14H13FN2O4/c15-11-4-3-9(13(18)19)8-12(11)17-14(20)16-6-5-10-2-1-7-21-10/h1-4,7-8H,5-6H2,(H,18,19)(H2,16,17,20). The Morgan fingerprint density at radius 3 is 2.76 bits per heavy atom. The third-order valence-corrected chi connectivity index (χ3v) is 2.70. The first-order chi connectivity index (χ1) is 10.1. The van der Waals surface area contributed by atoms with Crippen LogP contribution < -0.4 is 10.6 Å². The third-order valence-electron chi connectivity index (χ3n) is 2.70. The van der Waals surface area contributed by atoms with E-state index in [4.69, 9.17) is 9.52 Å². The molecule has 0 unspecified atom stereocenters. The highest BCUT2D eigenvalue weighted by atomic mass is 19.1. The molecule has 0 bridgehead atoms. The summed E-state index contributed by atoms with van der Waals surface area (Å²) in [4.78, 5) is 22.4. The summed E-state index contributed by atoms with van der Waals surface area (Å²) in [7, 11) is 0. The summed E-state index contributed by atoms with van der Waals surface area (Å²) in [6.07, 6.45) is 2.03. The summed E-state index contributed by atoms with van der Waals surface area (Å²) in [5, 5.41) is 13.6. The van der Waals surface area contributed by atoms with Crippen LogP contribution in [0.3, 0.4) is 0 Å². The zero-order chi connectivity index (χ0) is 15.2. The first-order valence-corrected chi connectivity index (χ1v) is 6.16. The Morgan fingerprint density at radius 2 is 2.10 bits per heavy atom. The summed E-state index contributed by atoms with van der Waals surface area (Å²) < 4.78 is 18.6. The van der Waals surface area contributed by atoms with Crippen molar-refractivity contribution in [1.82, 2.24) is 5.32 Å². The Balaban J connectivity index is 1.90. The zero-order valence-corrected chi connectivity index (χ0v) is 10.9. The SMILES string of the molecule is O=C(NCCc1ccco1)Nc1cc(C(=O)O)ccc1F. The quantitative estimate of drug-likeness (QED) is 0.789. The first kappa shape index (κ1) is 14.6. The molecule has 0 aliphatic carbocycles. The summed E-state index contributed by atoms with van der Waals surface area (Å²) in [5.74, 6) is -1.19. The van der Waals surface area contributed by atoms with Gasteiger partial charge in [-0.25, -0.2) is 14.0 Å². The van der Waals surface area contributed by atoms with Gasteiger partial charge in [0.05, 0.1) is 17.5 Å². The van der Waals surface area contributed by atoms with Crippen molar-refractivity contribution < 1.29 is 23.5 Å². The fourth-order valence-electron chi connectivity index (χ4n) is 1.67. The van der Waals surface area contributed by atoms with E-state index in [2.05, 4.69) is 10.6 Å². The van der Waals surface area contributed by atoms with Crippen LogP contribution in [-0.4, -0.2) is 23.7 Å². The number of halogens is 1. The molecule has 0 radical (unpaired) electrons. The van der Waals surface area contributed by atoms with Crippen LogP contribution in [0.15, 0.2) is 41.0 Å². The molecule has 7 heteroatoms. The molecule has 1 aromatic carbocycles. The largest absolute Gasteiger partial charge is 0.478 e. The Morgan fingerprint density at radius 1 is 1.29 bits per heavy atom. The fourth-order valence-corrected chi connectivity index (χ4v) is 1.67. The molecule has 0 atom stereocenters. The van der Waals surface area contributed by atoms with Gasteiger partial charge < -0.3 is 20.2 Å². The number of aromatic carboxylic acids is 1. The molecule has 2 rings (SSSR count).